The molecule has 114 valence electrons. The number of methoxy groups -OCH3 is 2. The van der Waals surface area contributed by atoms with Crippen LogP contribution in [-0.4, -0.2) is 24.0 Å². The molecule has 2 atom stereocenters. The molecule has 2 unspecified atom stereocenters. The van der Waals surface area contributed by atoms with E-state index in [1.165, 1.54) is 0 Å². The second-order valence-corrected chi connectivity index (χ2v) is 5.17. The molecule has 0 aliphatic carbocycles. The zero-order valence-corrected chi connectivity index (χ0v) is 13.3. The molecule has 21 heavy (non-hydrogen) atoms. The Labute approximate surface area is 125 Å². The van der Waals surface area contributed by atoms with Gasteiger partial charge in [-0.2, -0.15) is 5.10 Å². The lowest BCUT2D eigenvalue weighted by Gasteiger charge is -2.21. The standard InChI is InChI=1S/C16H23N3O2/c1-11(13-9-17-19(3)10-13)18-12(2)15-7-6-14(20-4)8-16(15)21-5/h6-12,18H,1-5H3. The number of benzene rings is 1. The summed E-state index contributed by atoms with van der Waals surface area (Å²) in [6, 6.07) is 6.25. The number of hydrogen-bond acceptors (Lipinski definition) is 4. The molecule has 1 heterocycles. The number of ether oxygens (including phenoxy) is 2. The minimum atomic E-state index is 0.154. The van der Waals surface area contributed by atoms with Crippen LogP contribution in [-0.2, 0) is 7.05 Å². The SMILES string of the molecule is COc1ccc(C(C)NC(C)c2cnn(C)c2)c(OC)c1. The van der Waals surface area contributed by atoms with Crippen LogP contribution >= 0.6 is 0 Å². The van der Waals surface area contributed by atoms with E-state index in [1.54, 1.807) is 14.2 Å². The van der Waals surface area contributed by atoms with Gasteiger partial charge >= 0.3 is 0 Å². The Morgan fingerprint density at radius 3 is 2.48 bits per heavy atom. The number of nitrogens with one attached hydrogen (secondary N) is 1. The van der Waals surface area contributed by atoms with Crippen molar-refractivity contribution in [3.8, 4) is 11.5 Å². The zero-order valence-electron chi connectivity index (χ0n) is 13.3. The van der Waals surface area contributed by atoms with Gasteiger partial charge in [0.25, 0.3) is 0 Å². The van der Waals surface area contributed by atoms with E-state index in [1.807, 2.05) is 42.3 Å². The Bertz CT molecular complexity index is 595. The number of aromatic nitrogens is 2. The first-order valence-corrected chi connectivity index (χ1v) is 7.01. The largest absolute Gasteiger partial charge is 0.497 e. The Balaban J connectivity index is 2.14. The van der Waals surface area contributed by atoms with Gasteiger partial charge in [0.1, 0.15) is 11.5 Å². The molecule has 1 aromatic carbocycles. The van der Waals surface area contributed by atoms with Crippen LogP contribution in [0.25, 0.3) is 0 Å². The van der Waals surface area contributed by atoms with Crippen LogP contribution in [0, 0.1) is 0 Å². The fourth-order valence-electron chi connectivity index (χ4n) is 2.40. The lowest BCUT2D eigenvalue weighted by atomic mass is 10.0. The first-order valence-electron chi connectivity index (χ1n) is 7.01. The van der Waals surface area contributed by atoms with Crippen molar-refractivity contribution < 1.29 is 9.47 Å². The molecule has 2 aromatic rings. The van der Waals surface area contributed by atoms with E-state index in [-0.39, 0.29) is 12.1 Å². The Hall–Kier alpha value is -2.01. The van der Waals surface area contributed by atoms with Crippen LogP contribution in [0.2, 0.25) is 0 Å². The molecule has 1 aromatic heterocycles. The van der Waals surface area contributed by atoms with Crippen LogP contribution in [0.4, 0.5) is 0 Å². The second kappa shape index (κ2) is 6.63. The van der Waals surface area contributed by atoms with Gasteiger partial charge in [-0.05, 0) is 19.9 Å². The van der Waals surface area contributed by atoms with E-state index in [2.05, 4.69) is 24.3 Å². The third kappa shape index (κ3) is 3.55. The first-order chi connectivity index (χ1) is 10.0. The van der Waals surface area contributed by atoms with Gasteiger partial charge in [-0.25, -0.2) is 0 Å². The minimum Gasteiger partial charge on any atom is -0.497 e. The molecular formula is C16H23N3O2. The average molecular weight is 289 g/mol. The molecule has 0 aliphatic heterocycles. The molecule has 0 amide bonds. The molecule has 5 nitrogen and oxygen atoms in total. The van der Waals surface area contributed by atoms with E-state index in [0.717, 1.165) is 22.6 Å². The van der Waals surface area contributed by atoms with Crippen molar-refractivity contribution in [1.82, 2.24) is 15.1 Å². The van der Waals surface area contributed by atoms with Gasteiger partial charge in [0.2, 0.25) is 0 Å². The topological polar surface area (TPSA) is 48.3 Å². The average Bonchev–Trinajstić information content (AvgIpc) is 2.93. The predicted molar refractivity (Wildman–Crippen MR) is 82.7 cm³/mol. The molecule has 2 rings (SSSR count). The summed E-state index contributed by atoms with van der Waals surface area (Å²) in [5.74, 6) is 1.62. The minimum absolute atomic E-state index is 0.154. The van der Waals surface area contributed by atoms with Crippen molar-refractivity contribution in [3.63, 3.8) is 0 Å². The van der Waals surface area contributed by atoms with Crippen LogP contribution in [0.3, 0.4) is 0 Å². The Morgan fingerprint density at radius 1 is 1.14 bits per heavy atom. The zero-order chi connectivity index (χ0) is 15.4. The summed E-state index contributed by atoms with van der Waals surface area (Å²) >= 11 is 0. The fraction of sp³-hybridized carbons (Fsp3) is 0.438. The maximum atomic E-state index is 5.46. The van der Waals surface area contributed by atoms with E-state index in [9.17, 15) is 0 Å². The highest BCUT2D eigenvalue weighted by molar-refractivity contribution is 5.42. The van der Waals surface area contributed by atoms with Crippen LogP contribution in [0.5, 0.6) is 11.5 Å². The molecule has 0 fully saturated rings. The van der Waals surface area contributed by atoms with Crippen molar-refractivity contribution in [2.24, 2.45) is 7.05 Å². The van der Waals surface area contributed by atoms with Gasteiger partial charge in [0, 0.05) is 42.5 Å². The van der Waals surface area contributed by atoms with E-state index in [0.29, 0.717) is 0 Å². The monoisotopic (exact) mass is 289 g/mol. The highest BCUT2D eigenvalue weighted by Crippen LogP contribution is 2.30. The van der Waals surface area contributed by atoms with Crippen LogP contribution in [0.15, 0.2) is 30.6 Å². The third-order valence-corrected chi connectivity index (χ3v) is 3.63. The number of rotatable bonds is 6. The molecule has 0 spiro atoms. The van der Waals surface area contributed by atoms with Crippen molar-refractivity contribution in [1.29, 1.82) is 0 Å². The molecule has 0 aliphatic rings. The Kier molecular flexibility index (Phi) is 4.85. The van der Waals surface area contributed by atoms with Gasteiger partial charge in [0.15, 0.2) is 0 Å². The molecule has 0 bridgehead atoms. The van der Waals surface area contributed by atoms with Gasteiger partial charge in [-0.15, -0.1) is 0 Å². The van der Waals surface area contributed by atoms with Gasteiger partial charge in [-0.1, -0.05) is 6.07 Å². The maximum absolute atomic E-state index is 5.46. The second-order valence-electron chi connectivity index (χ2n) is 5.17. The van der Waals surface area contributed by atoms with Gasteiger partial charge in [-0.3, -0.25) is 4.68 Å². The smallest absolute Gasteiger partial charge is 0.127 e. The molecule has 5 heteroatoms. The lowest BCUT2D eigenvalue weighted by molar-refractivity contribution is 0.383. The van der Waals surface area contributed by atoms with Gasteiger partial charge < -0.3 is 14.8 Å². The van der Waals surface area contributed by atoms with E-state index >= 15 is 0 Å². The lowest BCUT2D eigenvalue weighted by Crippen LogP contribution is -2.22. The van der Waals surface area contributed by atoms with Crippen molar-refractivity contribution in [3.05, 3.63) is 41.7 Å². The predicted octanol–water partition coefficient (Wildman–Crippen LogP) is 2.85. The quantitative estimate of drug-likeness (QED) is 0.888. The van der Waals surface area contributed by atoms with Gasteiger partial charge in [0.05, 0.1) is 20.4 Å². The summed E-state index contributed by atoms with van der Waals surface area (Å²) in [7, 11) is 5.25. The number of aryl methyl sites for hydroxylation is 1. The maximum Gasteiger partial charge on any atom is 0.127 e. The normalized spacial score (nSPS) is 13.8. The summed E-state index contributed by atoms with van der Waals surface area (Å²) in [5.41, 5.74) is 2.27. The third-order valence-electron chi connectivity index (χ3n) is 3.63. The van der Waals surface area contributed by atoms with Crippen molar-refractivity contribution >= 4 is 0 Å². The first kappa shape index (κ1) is 15.4. The molecule has 0 radical (unpaired) electrons. The molecule has 0 saturated heterocycles. The summed E-state index contributed by atoms with van der Waals surface area (Å²) in [6.45, 7) is 4.25. The highest BCUT2D eigenvalue weighted by atomic mass is 16.5. The summed E-state index contributed by atoms with van der Waals surface area (Å²) < 4.78 is 12.5. The highest BCUT2D eigenvalue weighted by Gasteiger charge is 2.16. The summed E-state index contributed by atoms with van der Waals surface area (Å²) in [6.07, 6.45) is 3.91. The number of nitrogens with zero attached hydrogens (tertiary/aromatic N) is 2. The molecule has 0 saturated carbocycles. The van der Waals surface area contributed by atoms with E-state index < -0.39 is 0 Å². The van der Waals surface area contributed by atoms with Crippen LogP contribution in [0.1, 0.15) is 37.1 Å². The Morgan fingerprint density at radius 2 is 1.90 bits per heavy atom. The molecular weight excluding hydrogens is 266 g/mol. The number of hydrogen-bond donors (Lipinski definition) is 1. The van der Waals surface area contributed by atoms with E-state index in [4.69, 9.17) is 9.47 Å². The fourth-order valence-corrected chi connectivity index (χ4v) is 2.40. The molecule has 1 N–H and O–H groups in total. The summed E-state index contributed by atoms with van der Waals surface area (Å²) in [4.78, 5) is 0. The van der Waals surface area contributed by atoms with Crippen LogP contribution < -0.4 is 14.8 Å². The van der Waals surface area contributed by atoms with Crippen molar-refractivity contribution in [2.75, 3.05) is 14.2 Å². The van der Waals surface area contributed by atoms with Crippen molar-refractivity contribution in [2.45, 2.75) is 25.9 Å². The summed E-state index contributed by atoms with van der Waals surface area (Å²) in [5, 5.41) is 7.77.